The molecule has 0 atom stereocenters. The largest absolute Gasteiger partial charge is 0.465 e. The second kappa shape index (κ2) is 24.5. The fraction of sp³-hybridized carbons (Fsp3) is 0. The van der Waals surface area contributed by atoms with Gasteiger partial charge in [-0.15, -0.1) is 0 Å². The number of carboxylic acid groups (broad SMARTS) is 5. The van der Waals surface area contributed by atoms with E-state index in [1.807, 2.05) is 0 Å². The van der Waals surface area contributed by atoms with Gasteiger partial charge < -0.3 is 54.2 Å². The number of nitrogens with two attached hydrogens (primary N) is 5. The second-order valence-corrected chi connectivity index (χ2v) is 1.69. The van der Waals surface area contributed by atoms with E-state index >= 15 is 0 Å². The Balaban J connectivity index is -0.0000000469. The van der Waals surface area contributed by atoms with E-state index in [4.69, 9.17) is 49.5 Å². The van der Waals surface area contributed by atoms with Crippen molar-refractivity contribution in [3.63, 3.8) is 0 Å². The van der Waals surface area contributed by atoms with Gasteiger partial charge in [-0.1, -0.05) is 0 Å². The van der Waals surface area contributed by atoms with E-state index in [1.165, 1.54) is 0 Å². The summed E-state index contributed by atoms with van der Waals surface area (Å²) in [5.41, 5.74) is 20.1. The van der Waals surface area contributed by atoms with Gasteiger partial charge >= 0.3 is 30.5 Å². The smallest absolute Gasteiger partial charge is 0.402 e. The first-order valence-corrected chi connectivity index (χ1v) is 3.58. The second-order valence-electron chi connectivity index (χ2n) is 1.69. The van der Waals surface area contributed by atoms with Gasteiger partial charge in [0.25, 0.3) is 0 Å². The number of carbonyl (C=O) groups is 5. The molecule has 5 amide bonds. The number of hydrogen-bond donors (Lipinski definition) is 10. The Morgan fingerprint density at radius 3 is 0.400 bits per heavy atom. The first-order chi connectivity index (χ1) is 8.66. The molecule has 0 aromatic heterocycles. The highest BCUT2D eigenvalue weighted by Gasteiger charge is 1.66. The molecule has 15 N–H and O–H groups in total. The molecule has 0 radical (unpaired) electrons. The van der Waals surface area contributed by atoms with Crippen LogP contribution in [0.25, 0.3) is 0 Å². The lowest BCUT2D eigenvalue weighted by atomic mass is 11.3. The minimum atomic E-state index is -1.33. The number of rotatable bonds is 0. The van der Waals surface area contributed by atoms with Gasteiger partial charge in [-0.25, -0.2) is 24.0 Å². The maximum atomic E-state index is 8.78. The first kappa shape index (κ1) is 29.9. The van der Waals surface area contributed by atoms with Gasteiger partial charge in [-0.3, -0.25) is 0 Å². The lowest BCUT2D eigenvalue weighted by Crippen LogP contribution is -2.03. The lowest BCUT2D eigenvalue weighted by Gasteiger charge is -1.61. The van der Waals surface area contributed by atoms with Gasteiger partial charge in [0.1, 0.15) is 0 Å². The summed E-state index contributed by atoms with van der Waals surface area (Å²) in [6.07, 6.45) is -6.67. The van der Waals surface area contributed by atoms with Crippen molar-refractivity contribution in [1.29, 1.82) is 0 Å². The summed E-state index contributed by atoms with van der Waals surface area (Å²) in [5.74, 6) is 0. The Hall–Kier alpha value is -3.65. The van der Waals surface area contributed by atoms with Crippen LogP contribution >= 0.6 is 0 Å². The Kier molecular flexibility index (Phi) is 36.7. The van der Waals surface area contributed by atoms with E-state index < -0.39 is 30.5 Å². The highest BCUT2D eigenvalue weighted by molar-refractivity contribution is 5.62. The van der Waals surface area contributed by atoms with Crippen LogP contribution in [0.1, 0.15) is 0 Å². The van der Waals surface area contributed by atoms with Gasteiger partial charge in [-0.05, 0) is 0 Å². The molecule has 0 saturated carbocycles. The van der Waals surface area contributed by atoms with Crippen molar-refractivity contribution in [3.05, 3.63) is 0 Å². The fourth-order valence-corrected chi connectivity index (χ4v) is 0. The Morgan fingerprint density at radius 2 is 0.400 bits per heavy atom. The summed E-state index contributed by atoms with van der Waals surface area (Å²) < 4.78 is 0. The molecule has 0 bridgehead atoms. The normalized spacial score (nSPS) is 6.00. The van der Waals surface area contributed by atoms with Crippen molar-refractivity contribution < 1.29 is 49.5 Å². The molecular formula is C5H15N5O10. The fourth-order valence-electron chi connectivity index (χ4n) is 0. The summed E-state index contributed by atoms with van der Waals surface area (Å²) in [4.78, 5) is 43.9. The van der Waals surface area contributed by atoms with Crippen LogP contribution in [0.3, 0.4) is 0 Å². The lowest BCUT2D eigenvalue weighted by molar-refractivity contribution is 0.204. The molecular weight excluding hydrogens is 290 g/mol. The molecule has 0 unspecified atom stereocenters. The van der Waals surface area contributed by atoms with Crippen LogP contribution in [0, 0.1) is 0 Å². The predicted octanol–water partition coefficient (Wildman–Crippen LogP) is -1.88. The molecule has 15 nitrogen and oxygen atoms in total. The van der Waals surface area contributed by atoms with Crippen LogP contribution in [0.4, 0.5) is 24.0 Å². The van der Waals surface area contributed by atoms with Crippen molar-refractivity contribution in [2.24, 2.45) is 28.7 Å². The molecule has 0 aromatic carbocycles. The molecule has 0 saturated heterocycles. The molecule has 0 aromatic rings. The van der Waals surface area contributed by atoms with E-state index in [9.17, 15) is 0 Å². The molecule has 0 rings (SSSR count). The zero-order valence-electron chi connectivity index (χ0n) is 9.66. The topological polar surface area (TPSA) is 317 Å². The Morgan fingerprint density at radius 1 is 0.400 bits per heavy atom. The van der Waals surface area contributed by atoms with Crippen LogP contribution in [-0.4, -0.2) is 56.0 Å². The van der Waals surface area contributed by atoms with E-state index in [1.54, 1.807) is 0 Å². The van der Waals surface area contributed by atoms with Crippen molar-refractivity contribution in [3.8, 4) is 0 Å². The number of primary amides is 5. The predicted molar refractivity (Wildman–Crippen MR) is 61.1 cm³/mol. The Bertz CT molecular complexity index is 215. The zero-order chi connectivity index (χ0) is 17.9. The standard InChI is InChI=1S/5CH3NO2/c5*2-1(3)4/h5*2H2,(H,3,4). The number of hydrogen-bond acceptors (Lipinski definition) is 5. The summed E-state index contributed by atoms with van der Waals surface area (Å²) >= 11 is 0. The summed E-state index contributed by atoms with van der Waals surface area (Å²) in [6, 6.07) is 0. The molecule has 15 heteroatoms. The molecule has 0 heterocycles. The van der Waals surface area contributed by atoms with Gasteiger partial charge in [0.2, 0.25) is 0 Å². The zero-order valence-corrected chi connectivity index (χ0v) is 9.66. The van der Waals surface area contributed by atoms with Gasteiger partial charge in [0.15, 0.2) is 0 Å². The van der Waals surface area contributed by atoms with Crippen LogP contribution in [-0.2, 0) is 0 Å². The first-order valence-electron chi connectivity index (χ1n) is 3.58. The molecule has 0 aliphatic rings. The van der Waals surface area contributed by atoms with E-state index in [0.717, 1.165) is 0 Å². The molecule has 0 spiro atoms. The van der Waals surface area contributed by atoms with Gasteiger partial charge in [0, 0.05) is 0 Å². The van der Waals surface area contributed by atoms with Crippen LogP contribution in [0.5, 0.6) is 0 Å². The third kappa shape index (κ3) is 192. The van der Waals surface area contributed by atoms with Gasteiger partial charge in [-0.2, -0.15) is 0 Å². The van der Waals surface area contributed by atoms with Crippen molar-refractivity contribution in [1.82, 2.24) is 0 Å². The molecule has 0 aliphatic heterocycles. The van der Waals surface area contributed by atoms with Crippen LogP contribution in [0.15, 0.2) is 0 Å². The molecule has 120 valence electrons. The van der Waals surface area contributed by atoms with E-state index in [2.05, 4.69) is 28.7 Å². The Labute approximate surface area is 110 Å². The quantitative estimate of drug-likeness (QED) is 0.237. The summed E-state index contributed by atoms with van der Waals surface area (Å²) in [5, 5.41) is 36.0. The van der Waals surface area contributed by atoms with Crippen LogP contribution < -0.4 is 28.7 Å². The van der Waals surface area contributed by atoms with E-state index in [-0.39, 0.29) is 0 Å². The minimum absolute atomic E-state index is 1.33. The minimum Gasteiger partial charge on any atom is -0.465 e. The van der Waals surface area contributed by atoms with Crippen molar-refractivity contribution >= 4 is 30.5 Å². The highest BCUT2D eigenvalue weighted by atomic mass is 16.4. The van der Waals surface area contributed by atoms with Gasteiger partial charge in [0.05, 0.1) is 0 Å². The third-order valence-corrected chi connectivity index (χ3v) is 0. The average Bonchev–Trinajstić information content (AvgIpc) is 1.94. The maximum Gasteiger partial charge on any atom is 0.402 e. The average molecular weight is 305 g/mol. The monoisotopic (exact) mass is 305 g/mol. The molecule has 0 fully saturated rings. The SMILES string of the molecule is NC(=O)O.NC(=O)O.NC(=O)O.NC(=O)O.NC(=O)O. The highest BCUT2D eigenvalue weighted by Crippen LogP contribution is 1.36. The summed E-state index contributed by atoms with van der Waals surface area (Å²) in [7, 11) is 0. The maximum absolute atomic E-state index is 8.78. The van der Waals surface area contributed by atoms with E-state index in [0.29, 0.717) is 0 Å². The van der Waals surface area contributed by atoms with Crippen LogP contribution in [0.2, 0.25) is 0 Å². The van der Waals surface area contributed by atoms with Crippen molar-refractivity contribution in [2.45, 2.75) is 0 Å². The molecule has 0 aliphatic carbocycles. The molecule has 20 heavy (non-hydrogen) atoms. The van der Waals surface area contributed by atoms with Crippen molar-refractivity contribution in [2.75, 3.05) is 0 Å². The summed E-state index contributed by atoms with van der Waals surface area (Å²) in [6.45, 7) is 0. The number of amides is 5. The third-order valence-electron chi connectivity index (χ3n) is 0.